The van der Waals surface area contributed by atoms with E-state index in [1.165, 1.54) is 25.5 Å². The SMILES string of the molecule is COC(=O)[C@H](CC(C)C)NC(=O)N(CCCN1CCC(Cc2ccccc2)CC1)Cc1ccccc1.O=C(O)C(F)(F)F. The number of urea groups is 1. The average molecular weight is 608 g/mol. The summed E-state index contributed by atoms with van der Waals surface area (Å²) in [7, 11) is 1.37. The molecule has 11 heteroatoms. The minimum atomic E-state index is -5.08. The number of hydrogen-bond donors (Lipinski definition) is 2. The minimum Gasteiger partial charge on any atom is -0.475 e. The van der Waals surface area contributed by atoms with E-state index in [1.54, 1.807) is 0 Å². The number of carbonyl (C=O) groups is 3. The van der Waals surface area contributed by atoms with Gasteiger partial charge in [0.25, 0.3) is 0 Å². The molecule has 43 heavy (non-hydrogen) atoms. The number of alkyl halides is 3. The van der Waals surface area contributed by atoms with E-state index >= 15 is 0 Å². The van der Waals surface area contributed by atoms with Gasteiger partial charge in [0.1, 0.15) is 6.04 Å². The first-order valence-electron chi connectivity index (χ1n) is 14.6. The highest BCUT2D eigenvalue weighted by Crippen LogP contribution is 2.22. The van der Waals surface area contributed by atoms with Gasteiger partial charge in [0.15, 0.2) is 0 Å². The monoisotopic (exact) mass is 607 g/mol. The highest BCUT2D eigenvalue weighted by Gasteiger charge is 2.38. The molecule has 0 aromatic heterocycles. The molecule has 0 radical (unpaired) electrons. The molecule has 0 spiro atoms. The van der Waals surface area contributed by atoms with Crippen LogP contribution < -0.4 is 5.32 Å². The summed E-state index contributed by atoms with van der Waals surface area (Å²) in [5.41, 5.74) is 2.51. The Labute approximate surface area is 252 Å². The van der Waals surface area contributed by atoms with Gasteiger partial charge in [0.05, 0.1) is 7.11 Å². The van der Waals surface area contributed by atoms with Gasteiger partial charge in [-0.1, -0.05) is 74.5 Å². The van der Waals surface area contributed by atoms with Crippen LogP contribution in [0.4, 0.5) is 18.0 Å². The van der Waals surface area contributed by atoms with Crippen molar-refractivity contribution in [3.8, 4) is 0 Å². The molecule has 2 aromatic carbocycles. The van der Waals surface area contributed by atoms with Crippen LogP contribution in [0, 0.1) is 11.8 Å². The highest BCUT2D eigenvalue weighted by atomic mass is 19.4. The number of piperidine rings is 1. The summed E-state index contributed by atoms with van der Waals surface area (Å²) in [5.74, 6) is -2.13. The van der Waals surface area contributed by atoms with E-state index in [4.69, 9.17) is 14.6 Å². The molecule has 1 heterocycles. The number of nitrogens with one attached hydrogen (secondary N) is 1. The Hall–Kier alpha value is -3.60. The Morgan fingerprint density at radius 1 is 1.00 bits per heavy atom. The van der Waals surface area contributed by atoms with Crippen LogP contribution in [0.15, 0.2) is 60.7 Å². The summed E-state index contributed by atoms with van der Waals surface area (Å²) in [6.45, 7) is 8.42. The first kappa shape index (κ1) is 35.6. The molecule has 1 fully saturated rings. The standard InChI is InChI=1S/C30H43N3O3.C2HF3O2/c1-24(2)21-28(29(34)36-3)31-30(35)33(23-27-13-8-5-9-14-27)18-10-17-32-19-15-26(16-20-32)22-25-11-6-4-7-12-25;3-2(4,5)1(6)7/h4-9,11-14,24,26,28H,10,15-23H2,1-3H3,(H,31,35);(H,6,7)/t28-;/m0./s1. The Kier molecular flexibility index (Phi) is 15.0. The van der Waals surface area contributed by atoms with Crippen molar-refractivity contribution in [1.29, 1.82) is 0 Å². The number of aliphatic carboxylic acids is 1. The molecule has 1 atom stereocenters. The third-order valence-corrected chi connectivity index (χ3v) is 7.21. The van der Waals surface area contributed by atoms with Gasteiger partial charge in [-0.3, -0.25) is 0 Å². The fourth-order valence-corrected chi connectivity index (χ4v) is 4.97. The fourth-order valence-electron chi connectivity index (χ4n) is 4.97. The van der Waals surface area contributed by atoms with Crippen LogP contribution >= 0.6 is 0 Å². The van der Waals surface area contributed by atoms with Crippen molar-refractivity contribution >= 4 is 18.0 Å². The molecule has 3 rings (SSSR count). The number of halogens is 3. The van der Waals surface area contributed by atoms with E-state index in [2.05, 4.69) is 40.5 Å². The number of hydrogen-bond acceptors (Lipinski definition) is 5. The zero-order valence-electron chi connectivity index (χ0n) is 25.2. The molecule has 238 valence electrons. The van der Waals surface area contributed by atoms with Crippen molar-refractivity contribution in [3.63, 3.8) is 0 Å². The highest BCUT2D eigenvalue weighted by molar-refractivity contribution is 5.83. The van der Waals surface area contributed by atoms with Gasteiger partial charge in [-0.15, -0.1) is 0 Å². The molecule has 1 saturated heterocycles. The number of carbonyl (C=O) groups excluding carboxylic acids is 2. The van der Waals surface area contributed by atoms with Crippen molar-refractivity contribution in [1.82, 2.24) is 15.1 Å². The van der Waals surface area contributed by atoms with Gasteiger partial charge in [-0.25, -0.2) is 14.4 Å². The van der Waals surface area contributed by atoms with Crippen LogP contribution in [-0.4, -0.2) is 78.4 Å². The van der Waals surface area contributed by atoms with Crippen LogP contribution in [0.2, 0.25) is 0 Å². The third-order valence-electron chi connectivity index (χ3n) is 7.21. The van der Waals surface area contributed by atoms with Crippen LogP contribution in [0.25, 0.3) is 0 Å². The predicted molar refractivity (Wildman–Crippen MR) is 158 cm³/mol. The number of methoxy groups -OCH3 is 1. The van der Waals surface area contributed by atoms with Crippen LogP contribution in [0.3, 0.4) is 0 Å². The number of amides is 2. The smallest absolute Gasteiger partial charge is 0.475 e. The Bertz CT molecular complexity index is 1110. The summed E-state index contributed by atoms with van der Waals surface area (Å²) < 4.78 is 36.7. The molecule has 2 amide bonds. The van der Waals surface area contributed by atoms with Gasteiger partial charge < -0.3 is 25.0 Å². The molecule has 8 nitrogen and oxygen atoms in total. The van der Waals surface area contributed by atoms with E-state index in [0.29, 0.717) is 19.5 Å². The molecule has 2 aromatic rings. The van der Waals surface area contributed by atoms with Gasteiger partial charge in [-0.2, -0.15) is 13.2 Å². The van der Waals surface area contributed by atoms with E-state index < -0.39 is 24.2 Å². The Morgan fingerprint density at radius 2 is 1.53 bits per heavy atom. The lowest BCUT2D eigenvalue weighted by molar-refractivity contribution is -0.192. The Balaban J connectivity index is 0.000000821. The second-order valence-corrected chi connectivity index (χ2v) is 11.2. The van der Waals surface area contributed by atoms with Crippen LogP contribution in [0.5, 0.6) is 0 Å². The maximum atomic E-state index is 13.3. The van der Waals surface area contributed by atoms with Crippen LogP contribution in [0.1, 0.15) is 50.7 Å². The average Bonchev–Trinajstić information content (AvgIpc) is 2.97. The second kappa shape index (κ2) is 18.1. The zero-order chi connectivity index (χ0) is 31.8. The quantitative estimate of drug-likeness (QED) is 0.298. The van der Waals surface area contributed by atoms with Crippen molar-refractivity contribution in [3.05, 3.63) is 71.8 Å². The molecular formula is C32H44F3N3O5. The normalized spacial score (nSPS) is 14.8. The molecule has 1 aliphatic rings. The molecule has 0 unspecified atom stereocenters. The fraction of sp³-hybridized carbons (Fsp3) is 0.531. The first-order valence-corrected chi connectivity index (χ1v) is 14.6. The maximum absolute atomic E-state index is 13.3. The molecule has 1 aliphatic heterocycles. The topological polar surface area (TPSA) is 99.2 Å². The lowest BCUT2D eigenvalue weighted by atomic mass is 9.90. The third kappa shape index (κ3) is 13.9. The number of carboxylic acid groups (broad SMARTS) is 1. The molecule has 0 saturated carbocycles. The van der Waals surface area contributed by atoms with E-state index in [9.17, 15) is 22.8 Å². The molecule has 2 N–H and O–H groups in total. The van der Waals surface area contributed by atoms with Crippen molar-refractivity contribution < 1.29 is 37.4 Å². The number of likely N-dealkylation sites (tertiary alicyclic amines) is 1. The van der Waals surface area contributed by atoms with E-state index in [-0.39, 0.29) is 11.9 Å². The summed E-state index contributed by atoms with van der Waals surface area (Å²) in [5, 5.41) is 10.1. The zero-order valence-corrected chi connectivity index (χ0v) is 25.2. The summed E-state index contributed by atoms with van der Waals surface area (Å²) in [4.78, 5) is 38.8. The van der Waals surface area contributed by atoms with Gasteiger partial charge in [0, 0.05) is 13.1 Å². The number of carboxylic acids is 1. The number of esters is 1. The molecular weight excluding hydrogens is 563 g/mol. The molecule has 0 bridgehead atoms. The van der Waals surface area contributed by atoms with Crippen molar-refractivity contribution in [2.45, 2.75) is 64.7 Å². The maximum Gasteiger partial charge on any atom is 0.490 e. The number of nitrogens with zero attached hydrogens (tertiary/aromatic N) is 2. The van der Waals surface area contributed by atoms with Crippen molar-refractivity contribution in [2.24, 2.45) is 11.8 Å². The van der Waals surface area contributed by atoms with Gasteiger partial charge in [0.2, 0.25) is 0 Å². The lowest BCUT2D eigenvalue weighted by Gasteiger charge is -2.33. The first-order chi connectivity index (χ1) is 20.4. The van der Waals surface area contributed by atoms with E-state index in [0.717, 1.165) is 44.0 Å². The number of ether oxygens (including phenoxy) is 1. The largest absolute Gasteiger partial charge is 0.490 e. The summed E-state index contributed by atoms with van der Waals surface area (Å²) >= 11 is 0. The number of rotatable bonds is 12. The summed E-state index contributed by atoms with van der Waals surface area (Å²) in [6, 6.07) is 19.9. The van der Waals surface area contributed by atoms with Gasteiger partial charge >= 0.3 is 24.1 Å². The summed E-state index contributed by atoms with van der Waals surface area (Å²) in [6.07, 6.45) is -0.0259. The molecule has 0 aliphatic carbocycles. The lowest BCUT2D eigenvalue weighted by Crippen LogP contribution is -2.49. The van der Waals surface area contributed by atoms with E-state index in [1.807, 2.05) is 49.1 Å². The Morgan fingerprint density at radius 3 is 2.02 bits per heavy atom. The minimum absolute atomic E-state index is 0.212. The predicted octanol–water partition coefficient (Wildman–Crippen LogP) is 5.76. The second-order valence-electron chi connectivity index (χ2n) is 11.2. The number of benzene rings is 2. The van der Waals surface area contributed by atoms with Crippen LogP contribution in [-0.2, 0) is 27.3 Å². The van der Waals surface area contributed by atoms with Gasteiger partial charge in [-0.05, 0) is 74.7 Å². The van der Waals surface area contributed by atoms with Crippen molar-refractivity contribution in [2.75, 3.05) is 33.3 Å².